The molecular weight excluding hydrogens is 391 g/mol. The second kappa shape index (κ2) is 11.7. The Kier molecular flexibility index (Phi) is 8.74. The summed E-state index contributed by atoms with van der Waals surface area (Å²) in [5.41, 5.74) is 3.18. The number of benzene rings is 2. The van der Waals surface area contributed by atoms with Gasteiger partial charge in [0.1, 0.15) is 11.9 Å². The predicted molar refractivity (Wildman–Crippen MR) is 125 cm³/mol. The number of nitrogens with zero attached hydrogens (tertiary/aromatic N) is 2. The number of carbonyl (C=O) groups excluding carboxylic acids is 1. The number of anilines is 1. The Balaban J connectivity index is 1.54. The molecular formula is C26H35FN2O2. The molecule has 3 rings (SSSR count). The number of hydrogen-bond donors (Lipinski definition) is 0. The quantitative estimate of drug-likeness (QED) is 0.429. The number of hydrogen-bond acceptors (Lipinski definition) is 3. The topological polar surface area (TPSA) is 32.8 Å². The first-order chi connectivity index (χ1) is 15.1. The number of piperazine rings is 1. The fourth-order valence-corrected chi connectivity index (χ4v) is 4.10. The van der Waals surface area contributed by atoms with Gasteiger partial charge in [-0.3, -0.25) is 0 Å². The molecule has 5 heteroatoms. The van der Waals surface area contributed by atoms with Gasteiger partial charge in [0.15, 0.2) is 0 Å². The summed E-state index contributed by atoms with van der Waals surface area (Å²) in [6, 6.07) is 14.9. The van der Waals surface area contributed by atoms with E-state index in [9.17, 15) is 9.18 Å². The number of unbranched alkanes of at least 4 members (excludes halogenated alkanes) is 2. The lowest BCUT2D eigenvalue weighted by molar-refractivity contribution is 0.0522. The van der Waals surface area contributed by atoms with Crippen molar-refractivity contribution in [2.24, 2.45) is 0 Å². The van der Waals surface area contributed by atoms with Gasteiger partial charge in [-0.2, -0.15) is 0 Å². The molecule has 2 aromatic rings. The molecule has 0 bridgehead atoms. The summed E-state index contributed by atoms with van der Waals surface area (Å²) in [7, 11) is 0. The van der Waals surface area contributed by atoms with Crippen molar-refractivity contribution in [3.63, 3.8) is 0 Å². The smallest absolute Gasteiger partial charge is 0.410 e. The van der Waals surface area contributed by atoms with Crippen LogP contribution >= 0.6 is 0 Å². The van der Waals surface area contributed by atoms with Gasteiger partial charge in [0, 0.05) is 31.9 Å². The largest absolute Gasteiger partial charge is 0.446 e. The van der Waals surface area contributed by atoms with Crippen LogP contribution < -0.4 is 4.90 Å². The Morgan fingerprint density at radius 3 is 2.35 bits per heavy atom. The highest BCUT2D eigenvalue weighted by Crippen LogP contribution is 2.26. The highest BCUT2D eigenvalue weighted by Gasteiger charge is 2.24. The molecule has 0 spiro atoms. The molecule has 0 radical (unpaired) electrons. The monoisotopic (exact) mass is 426 g/mol. The second-order valence-electron chi connectivity index (χ2n) is 8.32. The third-order valence-corrected chi connectivity index (χ3v) is 5.93. The molecule has 1 aliphatic heterocycles. The molecule has 1 atom stereocenters. The zero-order valence-electron chi connectivity index (χ0n) is 18.9. The maximum Gasteiger partial charge on any atom is 0.410 e. The maximum absolute atomic E-state index is 13.2. The van der Waals surface area contributed by atoms with Crippen LogP contribution in [0.3, 0.4) is 0 Å². The Bertz CT molecular complexity index is 816. The summed E-state index contributed by atoms with van der Waals surface area (Å²) in [6.07, 6.45) is 6.28. The van der Waals surface area contributed by atoms with Crippen LogP contribution in [0, 0.1) is 5.82 Å². The van der Waals surface area contributed by atoms with E-state index in [2.05, 4.69) is 30.9 Å². The van der Waals surface area contributed by atoms with E-state index in [1.165, 1.54) is 25.0 Å². The van der Waals surface area contributed by atoms with Crippen molar-refractivity contribution in [1.29, 1.82) is 0 Å². The normalized spacial score (nSPS) is 15.1. The van der Waals surface area contributed by atoms with Crippen LogP contribution in [0.15, 0.2) is 48.5 Å². The Labute approximate surface area is 186 Å². The summed E-state index contributed by atoms with van der Waals surface area (Å²) in [4.78, 5) is 16.8. The zero-order valence-corrected chi connectivity index (χ0v) is 18.9. The molecule has 1 heterocycles. The van der Waals surface area contributed by atoms with Crippen LogP contribution in [0.1, 0.15) is 52.4 Å². The van der Waals surface area contributed by atoms with Gasteiger partial charge in [-0.05, 0) is 54.7 Å². The van der Waals surface area contributed by atoms with E-state index >= 15 is 0 Å². The summed E-state index contributed by atoms with van der Waals surface area (Å²) < 4.78 is 19.1. The van der Waals surface area contributed by atoms with E-state index in [1.807, 2.05) is 17.0 Å². The van der Waals surface area contributed by atoms with E-state index < -0.39 is 0 Å². The van der Waals surface area contributed by atoms with Crippen molar-refractivity contribution in [1.82, 2.24) is 4.90 Å². The average molecular weight is 427 g/mol. The van der Waals surface area contributed by atoms with E-state index in [1.54, 1.807) is 12.1 Å². The number of rotatable bonds is 9. The summed E-state index contributed by atoms with van der Waals surface area (Å²) in [6.45, 7) is 7.20. The molecule has 2 aromatic carbocycles. The fourth-order valence-electron chi connectivity index (χ4n) is 4.10. The summed E-state index contributed by atoms with van der Waals surface area (Å²) in [5.74, 6) is -0.227. The van der Waals surface area contributed by atoms with Crippen molar-refractivity contribution in [2.75, 3.05) is 31.1 Å². The molecule has 0 saturated carbocycles. The van der Waals surface area contributed by atoms with Gasteiger partial charge in [-0.25, -0.2) is 9.18 Å². The van der Waals surface area contributed by atoms with Crippen LogP contribution in [-0.4, -0.2) is 43.3 Å². The Morgan fingerprint density at radius 1 is 0.935 bits per heavy atom. The van der Waals surface area contributed by atoms with E-state index in [0.29, 0.717) is 13.1 Å². The van der Waals surface area contributed by atoms with Crippen molar-refractivity contribution in [2.45, 2.75) is 58.5 Å². The highest BCUT2D eigenvalue weighted by atomic mass is 19.1. The molecule has 4 nitrogen and oxygen atoms in total. The zero-order chi connectivity index (χ0) is 22.1. The van der Waals surface area contributed by atoms with Crippen LogP contribution in [0.2, 0.25) is 0 Å². The Morgan fingerprint density at radius 2 is 1.68 bits per heavy atom. The minimum absolute atomic E-state index is 0.0365. The van der Waals surface area contributed by atoms with Gasteiger partial charge in [-0.1, -0.05) is 57.4 Å². The minimum atomic E-state index is -0.227. The van der Waals surface area contributed by atoms with Crippen molar-refractivity contribution in [3.8, 4) is 11.1 Å². The maximum atomic E-state index is 13.2. The highest BCUT2D eigenvalue weighted by molar-refractivity contribution is 5.70. The molecule has 0 aliphatic carbocycles. The third kappa shape index (κ3) is 6.71. The van der Waals surface area contributed by atoms with Gasteiger partial charge in [0.2, 0.25) is 0 Å². The lowest BCUT2D eigenvalue weighted by Crippen LogP contribution is -2.49. The molecule has 1 aliphatic rings. The fraction of sp³-hybridized carbons (Fsp3) is 0.500. The molecule has 0 aromatic heterocycles. The standard InChI is InChI=1S/C26H35FN2O2/c1-3-5-6-11-25(8-4-2)31-26(30)29-18-16-28(17-19-29)24-10-7-9-22(20-24)21-12-14-23(27)15-13-21/h7,9-10,12-15,20,25H,3-6,8,11,16-19H2,1-2H3. The molecule has 1 unspecified atom stereocenters. The van der Waals surface area contributed by atoms with Crippen molar-refractivity contribution < 1.29 is 13.9 Å². The predicted octanol–water partition coefficient (Wildman–Crippen LogP) is 6.50. The molecule has 31 heavy (non-hydrogen) atoms. The second-order valence-corrected chi connectivity index (χ2v) is 8.32. The van der Waals surface area contributed by atoms with E-state index in [4.69, 9.17) is 4.74 Å². The first-order valence-electron chi connectivity index (χ1n) is 11.7. The van der Waals surface area contributed by atoms with Crippen molar-refractivity contribution in [3.05, 3.63) is 54.3 Å². The minimum Gasteiger partial charge on any atom is -0.446 e. The summed E-state index contributed by atoms with van der Waals surface area (Å²) in [5, 5.41) is 0. The van der Waals surface area contributed by atoms with Crippen molar-refractivity contribution >= 4 is 11.8 Å². The molecule has 1 amide bonds. The number of ether oxygens (including phenoxy) is 1. The van der Waals surface area contributed by atoms with E-state index in [-0.39, 0.29) is 18.0 Å². The lowest BCUT2D eigenvalue weighted by atomic mass is 10.0. The first kappa shape index (κ1) is 23.1. The molecule has 1 saturated heterocycles. The average Bonchev–Trinajstić information content (AvgIpc) is 2.80. The van der Waals surface area contributed by atoms with Crippen LogP contribution in [0.25, 0.3) is 11.1 Å². The lowest BCUT2D eigenvalue weighted by Gasteiger charge is -2.36. The molecule has 1 fully saturated rings. The number of halogens is 1. The molecule has 0 N–H and O–H groups in total. The van der Waals surface area contributed by atoms with Gasteiger partial charge in [0.25, 0.3) is 0 Å². The number of amides is 1. The van der Waals surface area contributed by atoms with Crippen LogP contribution in [-0.2, 0) is 4.74 Å². The third-order valence-electron chi connectivity index (χ3n) is 5.93. The van der Waals surface area contributed by atoms with Crippen LogP contribution in [0.5, 0.6) is 0 Å². The van der Waals surface area contributed by atoms with Gasteiger partial charge in [-0.15, -0.1) is 0 Å². The summed E-state index contributed by atoms with van der Waals surface area (Å²) >= 11 is 0. The Hall–Kier alpha value is -2.56. The SMILES string of the molecule is CCCCCC(CCC)OC(=O)N1CCN(c2cccc(-c3ccc(F)cc3)c2)CC1. The van der Waals surface area contributed by atoms with Gasteiger partial charge < -0.3 is 14.5 Å². The van der Waals surface area contributed by atoms with Crippen LogP contribution in [0.4, 0.5) is 14.9 Å². The van der Waals surface area contributed by atoms with Gasteiger partial charge >= 0.3 is 6.09 Å². The van der Waals surface area contributed by atoms with E-state index in [0.717, 1.165) is 55.6 Å². The number of carbonyl (C=O) groups is 1. The van der Waals surface area contributed by atoms with Gasteiger partial charge in [0.05, 0.1) is 0 Å². The molecule has 168 valence electrons. The first-order valence-corrected chi connectivity index (χ1v) is 11.7.